The Balaban J connectivity index is 2.60. The number of allylic oxidation sites excluding steroid dienone is 1. The predicted molar refractivity (Wildman–Crippen MR) is 50.4 cm³/mol. The molecule has 3 nitrogen and oxygen atoms in total. The molecule has 4 heteroatoms. The fourth-order valence-corrected chi connectivity index (χ4v) is 0.808. The number of rotatable bonds is 2. The van der Waals surface area contributed by atoms with Gasteiger partial charge in [-0.2, -0.15) is 0 Å². The van der Waals surface area contributed by atoms with E-state index in [1.54, 1.807) is 19.1 Å². The molecule has 14 heavy (non-hydrogen) atoms. The lowest BCUT2D eigenvalue weighted by Gasteiger charge is -2.03. The molecule has 0 radical (unpaired) electrons. The van der Waals surface area contributed by atoms with Crippen LogP contribution in [0.3, 0.4) is 0 Å². The van der Waals surface area contributed by atoms with E-state index in [1.807, 2.05) is 0 Å². The number of nitrogens with one attached hydrogen (secondary N) is 1. The summed E-state index contributed by atoms with van der Waals surface area (Å²) in [6.07, 6.45) is 2.32. The van der Waals surface area contributed by atoms with Gasteiger partial charge in [-0.15, -0.1) is 0 Å². The van der Waals surface area contributed by atoms with Gasteiger partial charge in [0.1, 0.15) is 0 Å². The van der Waals surface area contributed by atoms with Crippen molar-refractivity contribution in [2.24, 2.45) is 0 Å². The van der Waals surface area contributed by atoms with Crippen molar-refractivity contribution in [1.82, 2.24) is 5.32 Å². The van der Waals surface area contributed by atoms with Crippen LogP contribution in [0.1, 0.15) is 6.92 Å². The molecule has 1 rings (SSSR count). The zero-order valence-corrected chi connectivity index (χ0v) is 7.66. The maximum atomic E-state index is 12.9. The van der Waals surface area contributed by atoms with Crippen molar-refractivity contribution >= 4 is 6.09 Å². The first-order valence-electron chi connectivity index (χ1n) is 4.08. The molecule has 0 unspecified atom stereocenters. The Bertz CT molecular complexity index is 350. The van der Waals surface area contributed by atoms with E-state index in [0.717, 1.165) is 0 Å². The van der Waals surface area contributed by atoms with Crippen molar-refractivity contribution in [3.05, 3.63) is 42.4 Å². The minimum atomic E-state index is -0.715. The number of hydrogen-bond donors (Lipinski definition) is 1. The maximum absolute atomic E-state index is 12.9. The second kappa shape index (κ2) is 5.01. The van der Waals surface area contributed by atoms with Crippen molar-refractivity contribution in [2.75, 3.05) is 0 Å². The summed E-state index contributed by atoms with van der Waals surface area (Å²) >= 11 is 0. The van der Waals surface area contributed by atoms with Crippen LogP contribution in [0.15, 0.2) is 36.5 Å². The van der Waals surface area contributed by atoms with Crippen LogP contribution in [0.5, 0.6) is 5.75 Å². The first kappa shape index (κ1) is 10.2. The molecule has 0 aliphatic carbocycles. The molecule has 0 aromatic heterocycles. The summed E-state index contributed by atoms with van der Waals surface area (Å²) in [5, 5.41) is 2.30. The summed E-state index contributed by atoms with van der Waals surface area (Å²) in [5.74, 6) is -0.655. The molecule has 0 heterocycles. The normalized spacial score (nSPS) is 10.1. The Labute approximate surface area is 81.2 Å². The van der Waals surface area contributed by atoms with Crippen LogP contribution >= 0.6 is 0 Å². The summed E-state index contributed by atoms with van der Waals surface area (Å²) in [6.45, 7) is 1.74. The Hall–Kier alpha value is -1.84. The Morgan fingerprint density at radius 3 is 2.86 bits per heavy atom. The zero-order chi connectivity index (χ0) is 10.4. The fourth-order valence-electron chi connectivity index (χ4n) is 0.808. The average Bonchev–Trinajstić information content (AvgIpc) is 2.18. The SMILES string of the molecule is CC=CNC(=O)Oc1ccccc1F. The molecule has 1 aromatic rings. The monoisotopic (exact) mass is 195 g/mol. The molecule has 74 valence electrons. The molecule has 1 N–H and O–H groups in total. The Morgan fingerprint density at radius 1 is 1.50 bits per heavy atom. The molecule has 1 aromatic carbocycles. The minimum absolute atomic E-state index is 0.0884. The lowest BCUT2D eigenvalue weighted by Crippen LogP contribution is -2.21. The topological polar surface area (TPSA) is 38.3 Å². The standard InChI is InChI=1S/C10H10FNO2/c1-2-7-12-10(13)14-9-6-4-3-5-8(9)11/h2-7H,1H3,(H,12,13). The van der Waals surface area contributed by atoms with Crippen molar-refractivity contribution in [2.45, 2.75) is 6.92 Å². The van der Waals surface area contributed by atoms with Gasteiger partial charge in [0.15, 0.2) is 11.6 Å². The summed E-state index contributed by atoms with van der Waals surface area (Å²) < 4.78 is 17.6. The second-order valence-corrected chi connectivity index (χ2v) is 2.46. The van der Waals surface area contributed by atoms with Crippen LogP contribution in [-0.4, -0.2) is 6.09 Å². The van der Waals surface area contributed by atoms with E-state index in [9.17, 15) is 9.18 Å². The van der Waals surface area contributed by atoms with Crippen LogP contribution in [0.25, 0.3) is 0 Å². The lowest BCUT2D eigenvalue weighted by molar-refractivity contribution is 0.202. The van der Waals surface area contributed by atoms with Crippen molar-refractivity contribution in [1.29, 1.82) is 0 Å². The summed E-state index contributed by atoms with van der Waals surface area (Å²) in [7, 11) is 0. The summed E-state index contributed by atoms with van der Waals surface area (Å²) in [4.78, 5) is 11.0. The molecule has 0 spiro atoms. The van der Waals surface area contributed by atoms with Crippen LogP contribution in [0.4, 0.5) is 9.18 Å². The van der Waals surface area contributed by atoms with Crippen LogP contribution in [0, 0.1) is 5.82 Å². The highest BCUT2D eigenvalue weighted by Gasteiger charge is 2.05. The van der Waals surface area contributed by atoms with E-state index in [0.29, 0.717) is 0 Å². The largest absolute Gasteiger partial charge is 0.416 e. The van der Waals surface area contributed by atoms with E-state index in [-0.39, 0.29) is 5.75 Å². The molecular formula is C10H10FNO2. The van der Waals surface area contributed by atoms with Gasteiger partial charge in [0.25, 0.3) is 0 Å². The first-order chi connectivity index (χ1) is 6.74. The van der Waals surface area contributed by atoms with Crippen LogP contribution in [-0.2, 0) is 0 Å². The first-order valence-corrected chi connectivity index (χ1v) is 4.08. The number of benzene rings is 1. The number of halogens is 1. The summed E-state index contributed by atoms with van der Waals surface area (Å²) in [5.41, 5.74) is 0. The quantitative estimate of drug-likeness (QED) is 0.787. The van der Waals surface area contributed by atoms with Crippen molar-refractivity contribution in [3.8, 4) is 5.75 Å². The third-order valence-electron chi connectivity index (χ3n) is 1.41. The molecule has 0 aliphatic heterocycles. The predicted octanol–water partition coefficient (Wildman–Crippen LogP) is 2.45. The molecule has 0 atom stereocenters. The third-order valence-corrected chi connectivity index (χ3v) is 1.41. The van der Waals surface area contributed by atoms with E-state index >= 15 is 0 Å². The molecule has 0 fully saturated rings. The minimum Gasteiger partial charge on any atom is -0.407 e. The number of hydrogen-bond acceptors (Lipinski definition) is 2. The van der Waals surface area contributed by atoms with Gasteiger partial charge >= 0.3 is 6.09 Å². The molecule has 0 saturated heterocycles. The number of carbonyl (C=O) groups excluding carboxylic acids is 1. The van der Waals surface area contributed by atoms with Gasteiger partial charge in [-0.05, 0) is 19.1 Å². The lowest BCUT2D eigenvalue weighted by atomic mass is 10.3. The van der Waals surface area contributed by atoms with Crippen LogP contribution < -0.4 is 10.1 Å². The highest BCUT2D eigenvalue weighted by molar-refractivity contribution is 5.71. The zero-order valence-electron chi connectivity index (χ0n) is 7.66. The highest BCUT2D eigenvalue weighted by Crippen LogP contribution is 2.15. The van der Waals surface area contributed by atoms with Gasteiger partial charge in [0.2, 0.25) is 0 Å². The number of carbonyl (C=O) groups is 1. The van der Waals surface area contributed by atoms with Gasteiger partial charge < -0.3 is 4.74 Å². The Morgan fingerprint density at radius 2 is 2.21 bits per heavy atom. The van der Waals surface area contributed by atoms with E-state index in [2.05, 4.69) is 10.1 Å². The van der Waals surface area contributed by atoms with Gasteiger partial charge in [0, 0.05) is 6.20 Å². The van der Waals surface area contributed by atoms with Gasteiger partial charge in [-0.1, -0.05) is 18.2 Å². The molecule has 1 amide bonds. The second-order valence-electron chi connectivity index (χ2n) is 2.46. The molecule has 0 bridgehead atoms. The molecular weight excluding hydrogens is 185 g/mol. The van der Waals surface area contributed by atoms with Gasteiger partial charge in [0.05, 0.1) is 0 Å². The van der Waals surface area contributed by atoms with Gasteiger partial charge in [-0.25, -0.2) is 9.18 Å². The molecule has 0 saturated carbocycles. The smallest absolute Gasteiger partial charge is 0.407 e. The van der Waals surface area contributed by atoms with E-state index in [1.165, 1.54) is 24.4 Å². The third kappa shape index (κ3) is 2.90. The number of ether oxygens (including phenoxy) is 1. The van der Waals surface area contributed by atoms with E-state index < -0.39 is 11.9 Å². The van der Waals surface area contributed by atoms with Crippen molar-refractivity contribution < 1.29 is 13.9 Å². The Kier molecular flexibility index (Phi) is 3.67. The average molecular weight is 195 g/mol. The van der Waals surface area contributed by atoms with Gasteiger partial charge in [-0.3, -0.25) is 5.32 Å². The number of amides is 1. The summed E-state index contributed by atoms with van der Waals surface area (Å²) in [6, 6.07) is 5.70. The highest BCUT2D eigenvalue weighted by atomic mass is 19.1. The van der Waals surface area contributed by atoms with Crippen molar-refractivity contribution in [3.63, 3.8) is 0 Å². The maximum Gasteiger partial charge on any atom is 0.416 e. The van der Waals surface area contributed by atoms with Crippen LogP contribution in [0.2, 0.25) is 0 Å². The number of para-hydroxylation sites is 1. The fraction of sp³-hybridized carbons (Fsp3) is 0.100. The molecule has 0 aliphatic rings. The van der Waals surface area contributed by atoms with E-state index in [4.69, 9.17) is 0 Å².